The van der Waals surface area contributed by atoms with Gasteiger partial charge in [0.25, 0.3) is 5.91 Å². The summed E-state index contributed by atoms with van der Waals surface area (Å²) >= 11 is 0. The van der Waals surface area contributed by atoms with Crippen molar-refractivity contribution in [2.24, 2.45) is 5.92 Å². The Morgan fingerprint density at radius 2 is 1.66 bits per heavy atom. The summed E-state index contributed by atoms with van der Waals surface area (Å²) in [7, 11) is 0.518. The van der Waals surface area contributed by atoms with Gasteiger partial charge in [-0.1, -0.05) is 32.1 Å². The van der Waals surface area contributed by atoms with E-state index < -0.39 is 10.0 Å². The Hall–Kier alpha value is -2.13. The van der Waals surface area contributed by atoms with Gasteiger partial charge in [-0.05, 0) is 30.5 Å². The van der Waals surface area contributed by atoms with Crippen LogP contribution in [0.1, 0.15) is 55.3 Å². The molecule has 1 saturated carbocycles. The third-order valence-electron chi connectivity index (χ3n) is 6.58. The Kier molecular flexibility index (Phi) is 8.16. The fraction of sp³-hybridized carbons (Fsp3) is 0.652. The zero-order valence-corrected chi connectivity index (χ0v) is 20.2. The van der Waals surface area contributed by atoms with Crippen LogP contribution in [0.15, 0.2) is 23.1 Å². The molecule has 1 aromatic rings. The second kappa shape index (κ2) is 10.7. The fourth-order valence-corrected chi connectivity index (χ4v) is 5.59. The summed E-state index contributed by atoms with van der Waals surface area (Å²) in [4.78, 5) is 29.1. The quantitative estimate of drug-likeness (QED) is 0.618. The van der Waals surface area contributed by atoms with E-state index in [4.69, 9.17) is 4.74 Å². The van der Waals surface area contributed by atoms with Crippen LogP contribution in [-0.4, -0.2) is 81.7 Å². The Bertz CT molecular complexity index is 918. The number of methoxy groups -OCH3 is 1. The van der Waals surface area contributed by atoms with E-state index in [-0.39, 0.29) is 22.5 Å². The summed E-state index contributed by atoms with van der Waals surface area (Å²) in [5.41, 5.74) is 0.295. The maximum absolute atomic E-state index is 13.0. The van der Waals surface area contributed by atoms with Crippen molar-refractivity contribution in [1.82, 2.24) is 14.1 Å². The van der Waals surface area contributed by atoms with Crippen LogP contribution in [0.2, 0.25) is 0 Å². The van der Waals surface area contributed by atoms with E-state index >= 15 is 0 Å². The molecule has 0 atom stereocenters. The average molecular weight is 466 g/mol. The zero-order chi connectivity index (χ0) is 23.3. The minimum atomic E-state index is -3.76. The highest BCUT2D eigenvalue weighted by molar-refractivity contribution is 7.89. The third kappa shape index (κ3) is 5.61. The largest absolute Gasteiger partial charge is 0.495 e. The minimum Gasteiger partial charge on any atom is -0.495 e. The number of hydrogen-bond donors (Lipinski definition) is 0. The fourth-order valence-electron chi connectivity index (χ4n) is 4.51. The maximum Gasteiger partial charge on any atom is 0.254 e. The number of carbonyl (C=O) groups is 2. The highest BCUT2D eigenvalue weighted by Gasteiger charge is 2.28. The van der Waals surface area contributed by atoms with Crippen LogP contribution in [0, 0.1) is 5.92 Å². The lowest BCUT2D eigenvalue weighted by Gasteiger charge is -2.35. The van der Waals surface area contributed by atoms with Gasteiger partial charge in [-0.2, -0.15) is 0 Å². The average Bonchev–Trinajstić information content (AvgIpc) is 2.82. The molecule has 0 unspecified atom stereocenters. The molecule has 1 aromatic carbocycles. The van der Waals surface area contributed by atoms with Crippen molar-refractivity contribution in [2.75, 3.05) is 47.4 Å². The molecule has 9 heteroatoms. The molecule has 2 amide bonds. The highest BCUT2D eigenvalue weighted by atomic mass is 32.2. The molecule has 8 nitrogen and oxygen atoms in total. The first-order valence-electron chi connectivity index (χ1n) is 11.4. The molecule has 0 radical (unpaired) electrons. The molecular formula is C23H35N3O5S. The van der Waals surface area contributed by atoms with E-state index in [1.54, 1.807) is 11.0 Å². The van der Waals surface area contributed by atoms with Gasteiger partial charge < -0.3 is 14.5 Å². The summed E-state index contributed by atoms with van der Waals surface area (Å²) in [6.45, 7) is 1.90. The van der Waals surface area contributed by atoms with Crippen LogP contribution >= 0.6 is 0 Å². The number of piperazine rings is 1. The van der Waals surface area contributed by atoms with E-state index in [0.717, 1.165) is 10.7 Å². The molecule has 1 heterocycles. The molecule has 1 saturated heterocycles. The lowest BCUT2D eigenvalue weighted by atomic mass is 9.86. The second-order valence-corrected chi connectivity index (χ2v) is 11.0. The summed E-state index contributed by atoms with van der Waals surface area (Å²) in [5.74, 6) is 0.811. The molecular weight excluding hydrogens is 430 g/mol. The topological polar surface area (TPSA) is 87.2 Å². The molecule has 0 N–H and O–H groups in total. The number of sulfonamides is 1. The number of rotatable bonds is 7. The first-order valence-corrected chi connectivity index (χ1v) is 12.9. The van der Waals surface area contributed by atoms with E-state index in [1.807, 2.05) is 4.90 Å². The highest BCUT2D eigenvalue weighted by Crippen LogP contribution is 2.29. The van der Waals surface area contributed by atoms with Gasteiger partial charge in [0, 0.05) is 52.3 Å². The molecule has 178 valence electrons. The summed E-state index contributed by atoms with van der Waals surface area (Å²) < 4.78 is 31.6. The summed E-state index contributed by atoms with van der Waals surface area (Å²) in [6.07, 6.45) is 7.91. The lowest BCUT2D eigenvalue weighted by Crippen LogP contribution is -2.50. The second-order valence-electron chi connectivity index (χ2n) is 8.87. The summed E-state index contributed by atoms with van der Waals surface area (Å²) in [5, 5.41) is 0. The van der Waals surface area contributed by atoms with Crippen LogP contribution in [0.3, 0.4) is 0 Å². The van der Waals surface area contributed by atoms with Gasteiger partial charge in [0.2, 0.25) is 15.9 Å². The smallest absolute Gasteiger partial charge is 0.254 e. The lowest BCUT2D eigenvalue weighted by molar-refractivity contribution is -0.133. The zero-order valence-electron chi connectivity index (χ0n) is 19.4. The molecule has 1 aliphatic carbocycles. The normalized spacial score (nSPS) is 18.1. The predicted molar refractivity (Wildman–Crippen MR) is 122 cm³/mol. The first kappa shape index (κ1) is 24.5. The maximum atomic E-state index is 13.0. The van der Waals surface area contributed by atoms with Crippen molar-refractivity contribution in [1.29, 1.82) is 0 Å². The van der Waals surface area contributed by atoms with Crippen LogP contribution in [0.25, 0.3) is 0 Å². The Labute approximate surface area is 191 Å². The molecule has 1 aliphatic heterocycles. The van der Waals surface area contributed by atoms with E-state index in [2.05, 4.69) is 0 Å². The predicted octanol–water partition coefficient (Wildman–Crippen LogP) is 2.59. The molecule has 0 aromatic heterocycles. The van der Waals surface area contributed by atoms with Crippen LogP contribution in [0.4, 0.5) is 0 Å². The SMILES string of the molecule is COc1ccc(C(=O)N2CCN(C(=O)CCC3CCCCC3)CC2)cc1S(=O)(=O)N(C)C. The number of hydrogen-bond acceptors (Lipinski definition) is 5. The van der Waals surface area contributed by atoms with Gasteiger partial charge in [-0.25, -0.2) is 12.7 Å². The van der Waals surface area contributed by atoms with Crippen molar-refractivity contribution < 1.29 is 22.7 Å². The van der Waals surface area contributed by atoms with Crippen molar-refractivity contribution >= 4 is 21.8 Å². The van der Waals surface area contributed by atoms with Crippen molar-refractivity contribution in [2.45, 2.75) is 49.8 Å². The number of nitrogens with zero attached hydrogens (tertiary/aromatic N) is 3. The Morgan fingerprint density at radius 3 is 2.25 bits per heavy atom. The Balaban J connectivity index is 1.59. The minimum absolute atomic E-state index is 0.0348. The van der Waals surface area contributed by atoms with Crippen molar-refractivity contribution in [3.63, 3.8) is 0 Å². The molecule has 2 fully saturated rings. The monoisotopic (exact) mass is 465 g/mol. The molecule has 0 bridgehead atoms. The van der Waals surface area contributed by atoms with Crippen LogP contribution in [0.5, 0.6) is 5.75 Å². The van der Waals surface area contributed by atoms with Gasteiger partial charge in [0.15, 0.2) is 0 Å². The van der Waals surface area contributed by atoms with Gasteiger partial charge in [-0.3, -0.25) is 9.59 Å². The van der Waals surface area contributed by atoms with Gasteiger partial charge >= 0.3 is 0 Å². The Morgan fingerprint density at radius 1 is 1.03 bits per heavy atom. The van der Waals surface area contributed by atoms with Crippen LogP contribution < -0.4 is 4.74 Å². The molecule has 2 aliphatic rings. The molecule has 3 rings (SSSR count). The van der Waals surface area contributed by atoms with Gasteiger partial charge in [-0.15, -0.1) is 0 Å². The summed E-state index contributed by atoms with van der Waals surface area (Å²) in [6, 6.07) is 4.46. The number of ether oxygens (including phenoxy) is 1. The first-order chi connectivity index (χ1) is 15.2. The van der Waals surface area contributed by atoms with E-state index in [0.29, 0.717) is 44.1 Å². The molecule has 0 spiro atoms. The number of amides is 2. The van der Waals surface area contributed by atoms with E-state index in [9.17, 15) is 18.0 Å². The molecule has 32 heavy (non-hydrogen) atoms. The third-order valence-corrected chi connectivity index (χ3v) is 8.42. The van der Waals surface area contributed by atoms with Crippen molar-refractivity contribution in [3.05, 3.63) is 23.8 Å². The number of carbonyl (C=O) groups excluding carboxylic acids is 2. The van der Waals surface area contributed by atoms with Crippen LogP contribution in [-0.2, 0) is 14.8 Å². The standard InChI is InChI=1S/C23H35N3O5S/c1-24(2)32(29,30)21-17-19(10-11-20(21)31-3)23(28)26-15-13-25(14-16-26)22(27)12-9-18-7-5-4-6-8-18/h10-11,17-18H,4-9,12-16H2,1-3H3. The number of benzene rings is 1. The van der Waals surface area contributed by atoms with E-state index in [1.165, 1.54) is 65.4 Å². The van der Waals surface area contributed by atoms with Gasteiger partial charge in [0.05, 0.1) is 7.11 Å². The van der Waals surface area contributed by atoms with Crippen molar-refractivity contribution in [3.8, 4) is 5.75 Å². The van der Waals surface area contributed by atoms with Gasteiger partial charge in [0.1, 0.15) is 10.6 Å².